The van der Waals surface area contributed by atoms with E-state index < -0.39 is 12.1 Å². The van der Waals surface area contributed by atoms with Crippen molar-refractivity contribution in [2.24, 2.45) is 10.3 Å². The zero-order valence-electron chi connectivity index (χ0n) is 13.9. The van der Waals surface area contributed by atoms with E-state index in [0.29, 0.717) is 23.0 Å². The summed E-state index contributed by atoms with van der Waals surface area (Å²) in [7, 11) is 1.59. The number of carbonyl (C=O) groups is 2. The maximum atomic E-state index is 12.9. The molecule has 0 aliphatic carbocycles. The first kappa shape index (κ1) is 16.5. The van der Waals surface area contributed by atoms with Crippen LogP contribution in [0.2, 0.25) is 5.02 Å². The topological polar surface area (TPSA) is 74.6 Å². The fraction of sp³-hybridized carbons (Fsp3) is 0.222. The van der Waals surface area contributed by atoms with Crippen LogP contribution in [0.4, 0.5) is 5.69 Å². The standard InChI is InChI=1S/C18H15ClN4O3/c1-26-14-4-2-3-11(9-14)10-22-16-15(20-21-22)17(24)23(18(16)25)13-7-5-12(19)6-8-13/h2-9,15-16H,10H2,1H3/t15-,16+/m1/s1. The van der Waals surface area contributed by atoms with Crippen LogP contribution in [0, 0.1) is 0 Å². The molecular weight excluding hydrogens is 356 g/mol. The van der Waals surface area contributed by atoms with Crippen molar-refractivity contribution in [1.82, 2.24) is 5.01 Å². The van der Waals surface area contributed by atoms with E-state index in [0.717, 1.165) is 10.5 Å². The first-order valence-corrected chi connectivity index (χ1v) is 8.40. The second kappa shape index (κ2) is 6.42. The molecule has 2 amide bonds. The van der Waals surface area contributed by atoms with Crippen LogP contribution in [0.3, 0.4) is 0 Å². The number of hydrogen-bond acceptors (Lipinski definition) is 6. The van der Waals surface area contributed by atoms with Gasteiger partial charge in [-0.2, -0.15) is 5.11 Å². The number of methoxy groups -OCH3 is 1. The van der Waals surface area contributed by atoms with E-state index in [2.05, 4.69) is 10.3 Å². The molecule has 2 aliphatic heterocycles. The van der Waals surface area contributed by atoms with Crippen molar-refractivity contribution in [3.8, 4) is 5.75 Å². The van der Waals surface area contributed by atoms with Gasteiger partial charge < -0.3 is 4.74 Å². The number of imide groups is 1. The van der Waals surface area contributed by atoms with Gasteiger partial charge in [0, 0.05) is 5.02 Å². The van der Waals surface area contributed by atoms with Crippen LogP contribution in [0.1, 0.15) is 5.56 Å². The maximum absolute atomic E-state index is 12.9. The van der Waals surface area contributed by atoms with Gasteiger partial charge in [0.15, 0.2) is 12.1 Å². The lowest BCUT2D eigenvalue weighted by atomic mass is 10.1. The molecule has 8 heteroatoms. The van der Waals surface area contributed by atoms with Gasteiger partial charge in [-0.15, -0.1) is 0 Å². The third kappa shape index (κ3) is 2.70. The zero-order valence-corrected chi connectivity index (χ0v) is 14.6. The second-order valence-corrected chi connectivity index (χ2v) is 6.47. The number of fused-ring (bicyclic) bond motifs is 1. The number of nitrogens with zero attached hydrogens (tertiary/aromatic N) is 4. The van der Waals surface area contributed by atoms with Crippen LogP contribution >= 0.6 is 11.6 Å². The minimum absolute atomic E-state index is 0.338. The van der Waals surface area contributed by atoms with Crippen molar-refractivity contribution >= 4 is 29.1 Å². The lowest BCUT2D eigenvalue weighted by molar-refractivity contribution is -0.123. The summed E-state index contributed by atoms with van der Waals surface area (Å²) in [6.07, 6.45) is 0. The van der Waals surface area contributed by atoms with Crippen molar-refractivity contribution in [2.45, 2.75) is 18.6 Å². The van der Waals surface area contributed by atoms with Gasteiger partial charge >= 0.3 is 0 Å². The van der Waals surface area contributed by atoms with E-state index in [1.807, 2.05) is 24.3 Å². The molecular formula is C18H15ClN4O3. The molecule has 2 aliphatic rings. The Balaban J connectivity index is 1.58. The molecule has 0 N–H and O–H groups in total. The number of benzene rings is 2. The van der Waals surface area contributed by atoms with Crippen LogP contribution in [0.5, 0.6) is 5.75 Å². The smallest absolute Gasteiger partial charge is 0.263 e. The molecule has 0 unspecified atom stereocenters. The van der Waals surface area contributed by atoms with E-state index in [1.54, 1.807) is 36.4 Å². The summed E-state index contributed by atoms with van der Waals surface area (Å²) in [5.41, 5.74) is 1.39. The predicted octanol–water partition coefficient (Wildman–Crippen LogP) is 2.84. The van der Waals surface area contributed by atoms with Crippen LogP contribution < -0.4 is 9.64 Å². The van der Waals surface area contributed by atoms with Gasteiger partial charge in [-0.1, -0.05) is 29.0 Å². The molecule has 0 saturated carbocycles. The molecule has 2 aromatic carbocycles. The third-order valence-corrected chi connectivity index (χ3v) is 4.67. The van der Waals surface area contributed by atoms with Crippen LogP contribution in [-0.4, -0.2) is 36.0 Å². The van der Waals surface area contributed by atoms with Gasteiger partial charge in [-0.3, -0.25) is 14.6 Å². The Hall–Kier alpha value is -2.93. The fourth-order valence-corrected chi connectivity index (χ4v) is 3.28. The minimum atomic E-state index is -0.816. The quantitative estimate of drug-likeness (QED) is 0.775. The summed E-state index contributed by atoms with van der Waals surface area (Å²) in [6.45, 7) is 0.356. The average molecular weight is 371 g/mol. The summed E-state index contributed by atoms with van der Waals surface area (Å²) in [4.78, 5) is 26.7. The number of ether oxygens (including phenoxy) is 1. The Morgan fingerprint density at radius 3 is 2.62 bits per heavy atom. The minimum Gasteiger partial charge on any atom is -0.497 e. The summed E-state index contributed by atoms with van der Waals surface area (Å²) < 4.78 is 5.22. The van der Waals surface area contributed by atoms with E-state index in [-0.39, 0.29) is 11.8 Å². The number of anilines is 1. The Labute approximate surface area is 154 Å². The van der Waals surface area contributed by atoms with Gasteiger partial charge in [0.1, 0.15) is 5.75 Å². The van der Waals surface area contributed by atoms with Crippen LogP contribution in [-0.2, 0) is 16.1 Å². The fourth-order valence-electron chi connectivity index (χ4n) is 3.16. The maximum Gasteiger partial charge on any atom is 0.263 e. The number of carbonyl (C=O) groups excluding carboxylic acids is 2. The van der Waals surface area contributed by atoms with Crippen molar-refractivity contribution < 1.29 is 14.3 Å². The average Bonchev–Trinajstić information content (AvgIpc) is 3.17. The van der Waals surface area contributed by atoms with Gasteiger partial charge in [0.05, 0.1) is 19.3 Å². The van der Waals surface area contributed by atoms with Gasteiger partial charge in [-0.25, -0.2) is 4.90 Å². The Morgan fingerprint density at radius 1 is 1.12 bits per heavy atom. The number of halogens is 1. The molecule has 2 atom stereocenters. The first-order chi connectivity index (χ1) is 12.6. The van der Waals surface area contributed by atoms with Crippen molar-refractivity contribution in [3.63, 3.8) is 0 Å². The number of hydrogen-bond donors (Lipinski definition) is 0. The summed E-state index contributed by atoms with van der Waals surface area (Å²) in [6, 6.07) is 12.5. The predicted molar refractivity (Wildman–Crippen MR) is 94.9 cm³/mol. The molecule has 7 nitrogen and oxygen atoms in total. The first-order valence-electron chi connectivity index (χ1n) is 8.02. The SMILES string of the molecule is COc1cccc(CN2N=N[C@H]3C(=O)N(c4ccc(Cl)cc4)C(=O)[C@H]32)c1. The molecule has 0 spiro atoms. The van der Waals surface area contributed by atoms with E-state index in [9.17, 15) is 9.59 Å². The highest BCUT2D eigenvalue weighted by molar-refractivity contribution is 6.31. The molecule has 0 aromatic heterocycles. The molecule has 132 valence electrons. The summed E-state index contributed by atoms with van der Waals surface area (Å²) >= 11 is 5.88. The number of rotatable bonds is 4. The molecule has 0 bridgehead atoms. The van der Waals surface area contributed by atoms with Crippen molar-refractivity contribution in [2.75, 3.05) is 12.0 Å². The largest absolute Gasteiger partial charge is 0.497 e. The molecule has 1 saturated heterocycles. The zero-order chi connectivity index (χ0) is 18.3. The highest BCUT2D eigenvalue weighted by Crippen LogP contribution is 2.33. The van der Waals surface area contributed by atoms with Gasteiger partial charge in [0.2, 0.25) is 0 Å². The highest BCUT2D eigenvalue weighted by atomic mass is 35.5. The Kier molecular flexibility index (Phi) is 4.08. The Morgan fingerprint density at radius 2 is 1.88 bits per heavy atom. The van der Waals surface area contributed by atoms with Crippen molar-refractivity contribution in [3.05, 3.63) is 59.1 Å². The molecule has 0 radical (unpaired) electrons. The Bertz CT molecular complexity index is 900. The van der Waals surface area contributed by atoms with E-state index in [1.165, 1.54) is 0 Å². The van der Waals surface area contributed by atoms with Crippen LogP contribution in [0.15, 0.2) is 58.9 Å². The summed E-state index contributed by atoms with van der Waals surface area (Å²) in [5.74, 6) is 0.00114. The van der Waals surface area contributed by atoms with E-state index in [4.69, 9.17) is 16.3 Å². The van der Waals surface area contributed by atoms with Crippen molar-refractivity contribution in [1.29, 1.82) is 0 Å². The monoisotopic (exact) mass is 370 g/mol. The second-order valence-electron chi connectivity index (χ2n) is 6.03. The van der Waals surface area contributed by atoms with Gasteiger partial charge in [0.25, 0.3) is 11.8 Å². The van der Waals surface area contributed by atoms with E-state index >= 15 is 0 Å². The normalized spacial score (nSPS) is 21.5. The molecule has 26 heavy (non-hydrogen) atoms. The highest BCUT2D eigenvalue weighted by Gasteiger charge is 2.54. The van der Waals surface area contributed by atoms with Crippen LogP contribution in [0.25, 0.3) is 0 Å². The number of amides is 2. The lowest BCUT2D eigenvalue weighted by Gasteiger charge is -2.20. The molecule has 2 aromatic rings. The molecule has 1 fully saturated rings. The lowest BCUT2D eigenvalue weighted by Crippen LogP contribution is -2.39. The molecule has 2 heterocycles. The summed E-state index contributed by atoms with van der Waals surface area (Å²) in [5, 5.41) is 10.2. The molecule has 4 rings (SSSR count). The third-order valence-electron chi connectivity index (χ3n) is 4.42. The van der Waals surface area contributed by atoms with Gasteiger partial charge in [-0.05, 0) is 42.0 Å².